The first-order valence-corrected chi connectivity index (χ1v) is 4.63. The van der Waals surface area contributed by atoms with Gasteiger partial charge >= 0.3 is 0 Å². The number of nitrogens with zero attached hydrogens (tertiary/aromatic N) is 1. The van der Waals surface area contributed by atoms with Crippen LogP contribution in [0.3, 0.4) is 0 Å². The van der Waals surface area contributed by atoms with E-state index in [0.717, 1.165) is 0 Å². The van der Waals surface area contributed by atoms with E-state index in [-0.39, 0.29) is 24.0 Å². The summed E-state index contributed by atoms with van der Waals surface area (Å²) in [4.78, 5) is 13.6. The lowest BCUT2D eigenvalue weighted by Gasteiger charge is -2.17. The minimum atomic E-state index is -1.03. The number of aliphatic hydroxyl groups excluding tert-OH is 1. The van der Waals surface area contributed by atoms with E-state index in [9.17, 15) is 5.11 Å². The summed E-state index contributed by atoms with van der Waals surface area (Å²) >= 11 is 0. The van der Waals surface area contributed by atoms with Crippen LogP contribution in [0.2, 0.25) is 0 Å². The van der Waals surface area contributed by atoms with Gasteiger partial charge in [-0.3, -0.25) is 0 Å². The Morgan fingerprint density at radius 2 is 2.31 bits per heavy atom. The molecule has 2 rings (SSSR count). The summed E-state index contributed by atoms with van der Waals surface area (Å²) in [7, 11) is 1.34. The molecule has 0 aromatic carbocycles. The molecule has 0 amide bonds. The summed E-state index contributed by atoms with van der Waals surface area (Å²) in [5.74, 6) is -0.448. The normalized spacial score (nSPS) is 35.1. The van der Waals surface area contributed by atoms with E-state index in [2.05, 4.69) is 4.99 Å². The Kier molecular flexibility index (Phi) is 2.97. The van der Waals surface area contributed by atoms with Crippen molar-refractivity contribution in [1.29, 1.82) is 0 Å². The van der Waals surface area contributed by atoms with Crippen LogP contribution in [-0.4, -0.2) is 43.2 Å². The molecule has 0 aromatic heterocycles. The van der Waals surface area contributed by atoms with Crippen LogP contribution in [0.1, 0.15) is 0 Å². The standard InChI is InChI=1S/C8H13N3O5/c1-13-5-4(12)6(10)11-7-3(9)2-14-16-8(5)15-7/h3,7-8,12H,2,9H2,1H3,(H2,10,11). The van der Waals surface area contributed by atoms with Crippen molar-refractivity contribution in [2.75, 3.05) is 13.7 Å². The SMILES string of the molecule is COC1=C(O)C(N)=NC2OC1OOCC2N. The van der Waals surface area contributed by atoms with E-state index in [4.69, 9.17) is 30.7 Å². The number of amidine groups is 1. The highest BCUT2D eigenvalue weighted by Gasteiger charge is 2.36. The predicted molar refractivity (Wildman–Crippen MR) is 52.0 cm³/mol. The van der Waals surface area contributed by atoms with Gasteiger partial charge in [-0.25, -0.2) is 9.88 Å². The van der Waals surface area contributed by atoms with Crippen molar-refractivity contribution in [3.63, 3.8) is 0 Å². The molecule has 1 fully saturated rings. The fraction of sp³-hybridized carbons (Fsp3) is 0.625. The zero-order chi connectivity index (χ0) is 11.7. The number of rotatable bonds is 1. The summed E-state index contributed by atoms with van der Waals surface area (Å²) in [5, 5.41) is 9.69. The lowest BCUT2D eigenvalue weighted by Crippen LogP contribution is -2.39. The first-order chi connectivity index (χ1) is 7.63. The van der Waals surface area contributed by atoms with Gasteiger partial charge < -0.3 is 26.0 Å². The summed E-state index contributed by atoms with van der Waals surface area (Å²) in [5.41, 5.74) is 11.3. The van der Waals surface area contributed by atoms with Crippen molar-refractivity contribution < 1.29 is 24.4 Å². The molecule has 5 N–H and O–H groups in total. The Bertz CT molecular complexity index is 343. The topological polar surface area (TPSA) is 122 Å². The maximum Gasteiger partial charge on any atom is 0.255 e. The van der Waals surface area contributed by atoms with Crippen molar-refractivity contribution in [2.24, 2.45) is 16.5 Å². The van der Waals surface area contributed by atoms with Crippen LogP contribution in [0.5, 0.6) is 0 Å². The van der Waals surface area contributed by atoms with Crippen molar-refractivity contribution in [3.8, 4) is 0 Å². The van der Waals surface area contributed by atoms with Crippen LogP contribution in [0.15, 0.2) is 16.5 Å². The third-order valence-corrected chi connectivity index (χ3v) is 2.22. The smallest absolute Gasteiger partial charge is 0.255 e. The summed E-state index contributed by atoms with van der Waals surface area (Å²) < 4.78 is 10.3. The number of aliphatic hydroxyl groups is 1. The van der Waals surface area contributed by atoms with E-state index in [1.165, 1.54) is 7.11 Å². The molecule has 0 spiro atoms. The monoisotopic (exact) mass is 231 g/mol. The van der Waals surface area contributed by atoms with Crippen LogP contribution >= 0.6 is 0 Å². The van der Waals surface area contributed by atoms with E-state index in [0.29, 0.717) is 0 Å². The van der Waals surface area contributed by atoms with Crippen LogP contribution in [0.25, 0.3) is 0 Å². The fourth-order valence-electron chi connectivity index (χ4n) is 1.37. The first kappa shape index (κ1) is 11.1. The molecule has 3 atom stereocenters. The zero-order valence-corrected chi connectivity index (χ0v) is 8.62. The van der Waals surface area contributed by atoms with Gasteiger partial charge in [0.25, 0.3) is 6.29 Å². The first-order valence-electron chi connectivity index (χ1n) is 4.63. The number of nitrogens with two attached hydrogens (primary N) is 2. The highest BCUT2D eigenvalue weighted by Crippen LogP contribution is 2.23. The second-order valence-corrected chi connectivity index (χ2v) is 3.33. The highest BCUT2D eigenvalue weighted by molar-refractivity contribution is 5.95. The molecule has 2 aliphatic heterocycles. The van der Waals surface area contributed by atoms with E-state index in [1.807, 2.05) is 0 Å². The predicted octanol–water partition coefficient (Wildman–Crippen LogP) is -1.27. The van der Waals surface area contributed by atoms with Gasteiger partial charge in [-0.15, -0.1) is 0 Å². The number of fused-ring (bicyclic) bond motifs is 2. The number of methoxy groups -OCH3 is 1. The number of hydrogen-bond acceptors (Lipinski definition) is 8. The summed E-state index contributed by atoms with van der Waals surface area (Å²) in [6, 6.07) is -0.535. The van der Waals surface area contributed by atoms with E-state index in [1.54, 1.807) is 0 Å². The molecule has 0 saturated carbocycles. The summed E-state index contributed by atoms with van der Waals surface area (Å²) in [6.45, 7) is 0.107. The molecule has 0 aromatic rings. The Morgan fingerprint density at radius 3 is 3.00 bits per heavy atom. The van der Waals surface area contributed by atoms with Crippen molar-refractivity contribution in [3.05, 3.63) is 11.5 Å². The molecule has 1 saturated heterocycles. The highest BCUT2D eigenvalue weighted by atomic mass is 17.2. The number of ether oxygens (including phenoxy) is 2. The van der Waals surface area contributed by atoms with Gasteiger partial charge in [-0.1, -0.05) is 0 Å². The average Bonchev–Trinajstić information content (AvgIpc) is 2.49. The van der Waals surface area contributed by atoms with Crippen molar-refractivity contribution in [1.82, 2.24) is 0 Å². The molecule has 90 valence electrons. The Morgan fingerprint density at radius 1 is 1.56 bits per heavy atom. The van der Waals surface area contributed by atoms with Crippen LogP contribution in [0.4, 0.5) is 0 Å². The molecule has 16 heavy (non-hydrogen) atoms. The van der Waals surface area contributed by atoms with Gasteiger partial charge in [0.05, 0.1) is 13.2 Å². The third kappa shape index (κ3) is 1.83. The van der Waals surface area contributed by atoms with Gasteiger partial charge in [-0.2, -0.15) is 4.89 Å². The maximum atomic E-state index is 9.69. The average molecular weight is 231 g/mol. The molecule has 0 aliphatic carbocycles. The molecule has 2 heterocycles. The molecule has 0 radical (unpaired) electrons. The van der Waals surface area contributed by atoms with Crippen molar-refractivity contribution in [2.45, 2.75) is 18.6 Å². The molecule has 2 aliphatic rings. The van der Waals surface area contributed by atoms with E-state index >= 15 is 0 Å². The molecular weight excluding hydrogens is 218 g/mol. The van der Waals surface area contributed by atoms with Gasteiger partial charge in [0.2, 0.25) is 11.5 Å². The second-order valence-electron chi connectivity index (χ2n) is 3.33. The third-order valence-electron chi connectivity index (χ3n) is 2.22. The molecule has 8 heteroatoms. The Balaban J connectivity index is 2.37. The molecule has 2 bridgehead atoms. The number of hydrogen-bond donors (Lipinski definition) is 3. The Hall–Kier alpha value is -1.35. The van der Waals surface area contributed by atoms with Gasteiger partial charge in [0.1, 0.15) is 6.61 Å². The summed E-state index contributed by atoms with van der Waals surface area (Å²) in [6.07, 6.45) is -1.78. The lowest BCUT2D eigenvalue weighted by molar-refractivity contribution is -0.360. The van der Waals surface area contributed by atoms with E-state index < -0.39 is 18.6 Å². The minimum absolute atomic E-state index is 0.00199. The van der Waals surface area contributed by atoms with Gasteiger partial charge in [0, 0.05) is 0 Å². The fourth-order valence-corrected chi connectivity index (χ4v) is 1.37. The largest absolute Gasteiger partial charge is 0.502 e. The van der Waals surface area contributed by atoms with Crippen molar-refractivity contribution >= 4 is 5.84 Å². The van der Waals surface area contributed by atoms with Crippen LogP contribution in [0, 0.1) is 0 Å². The quantitative estimate of drug-likeness (QED) is 0.481. The lowest BCUT2D eigenvalue weighted by atomic mass is 10.3. The minimum Gasteiger partial charge on any atom is -0.502 e. The number of aliphatic imine (C=N–C) groups is 1. The molecular formula is C8H13N3O5. The Labute approximate surface area is 91.3 Å². The molecule has 8 nitrogen and oxygen atoms in total. The van der Waals surface area contributed by atoms with Gasteiger partial charge in [-0.05, 0) is 0 Å². The maximum absolute atomic E-state index is 9.69. The van der Waals surface area contributed by atoms with Crippen LogP contribution in [-0.2, 0) is 19.2 Å². The van der Waals surface area contributed by atoms with Crippen LogP contribution < -0.4 is 11.5 Å². The molecule has 3 unspecified atom stereocenters. The van der Waals surface area contributed by atoms with Gasteiger partial charge in [0.15, 0.2) is 12.1 Å². The second kappa shape index (κ2) is 4.26. The zero-order valence-electron chi connectivity index (χ0n) is 8.62.